The van der Waals surface area contributed by atoms with Crippen molar-refractivity contribution in [2.75, 3.05) is 13.2 Å². The lowest BCUT2D eigenvalue weighted by molar-refractivity contribution is -0.123. The maximum atomic E-state index is 12.3. The Kier molecular flexibility index (Phi) is 7.36. The first-order valence-corrected chi connectivity index (χ1v) is 9.17. The van der Waals surface area contributed by atoms with Crippen LogP contribution in [0.3, 0.4) is 0 Å². The number of aromatic nitrogens is 1. The molecule has 0 spiro atoms. The normalized spacial score (nSPS) is 10.2. The summed E-state index contributed by atoms with van der Waals surface area (Å²) in [6.45, 7) is 5.59. The number of esters is 1. The van der Waals surface area contributed by atoms with E-state index < -0.39 is 24.5 Å². The number of rotatable bonds is 6. The van der Waals surface area contributed by atoms with Crippen LogP contribution in [0.4, 0.5) is 4.79 Å². The fourth-order valence-electron chi connectivity index (χ4n) is 2.09. The molecule has 3 amide bonds. The number of carbonyl (C=O) groups is 3. The lowest BCUT2D eigenvalue weighted by Crippen LogP contribution is -2.41. The van der Waals surface area contributed by atoms with E-state index in [4.69, 9.17) is 4.74 Å². The summed E-state index contributed by atoms with van der Waals surface area (Å²) in [5.41, 5.74) is 2.58. The van der Waals surface area contributed by atoms with Crippen LogP contribution in [0.1, 0.15) is 28.4 Å². The highest BCUT2D eigenvalue weighted by Crippen LogP contribution is 2.30. The molecule has 1 aromatic carbocycles. The summed E-state index contributed by atoms with van der Waals surface area (Å²) in [5.74, 6) is -1.39. The molecule has 0 bridgehead atoms. The molecule has 27 heavy (non-hydrogen) atoms. The molecule has 0 fully saturated rings. The van der Waals surface area contributed by atoms with Gasteiger partial charge in [-0.15, -0.1) is 0 Å². The van der Waals surface area contributed by atoms with Gasteiger partial charge in [0, 0.05) is 17.6 Å². The Morgan fingerprint density at radius 1 is 1.15 bits per heavy atom. The number of hydrogen-bond acceptors (Lipinski definition) is 6. The number of nitrogens with one attached hydrogen (secondary N) is 2. The van der Waals surface area contributed by atoms with E-state index in [1.165, 1.54) is 17.3 Å². The molecular formula is C19H21N3O4S. The fraction of sp³-hybridized carbons (Fsp3) is 0.263. The Morgan fingerprint density at radius 3 is 2.63 bits per heavy atom. The summed E-state index contributed by atoms with van der Waals surface area (Å²) < 4.78 is 5.01. The van der Waals surface area contributed by atoms with Crippen molar-refractivity contribution in [3.05, 3.63) is 53.2 Å². The van der Waals surface area contributed by atoms with E-state index in [0.717, 1.165) is 10.5 Å². The SMILES string of the molecule is CCNC(=O)NC(=O)COC(=O)c1cccnc1Sc1ccc(C)c(C)c1. The maximum absolute atomic E-state index is 12.3. The Morgan fingerprint density at radius 2 is 1.93 bits per heavy atom. The van der Waals surface area contributed by atoms with Gasteiger partial charge in [-0.2, -0.15) is 0 Å². The number of imide groups is 1. The van der Waals surface area contributed by atoms with Gasteiger partial charge in [-0.1, -0.05) is 17.8 Å². The van der Waals surface area contributed by atoms with Gasteiger partial charge in [0.25, 0.3) is 5.91 Å². The van der Waals surface area contributed by atoms with Crippen LogP contribution in [-0.4, -0.2) is 36.0 Å². The van der Waals surface area contributed by atoms with Gasteiger partial charge in [0.05, 0.1) is 5.56 Å². The summed E-state index contributed by atoms with van der Waals surface area (Å²) >= 11 is 1.34. The van der Waals surface area contributed by atoms with Crippen molar-refractivity contribution < 1.29 is 19.1 Å². The highest BCUT2D eigenvalue weighted by molar-refractivity contribution is 7.99. The zero-order chi connectivity index (χ0) is 19.8. The molecule has 0 saturated heterocycles. The van der Waals surface area contributed by atoms with E-state index in [9.17, 15) is 14.4 Å². The first-order valence-electron chi connectivity index (χ1n) is 8.35. The van der Waals surface area contributed by atoms with Crippen LogP contribution < -0.4 is 10.6 Å². The molecule has 0 unspecified atom stereocenters. The Bertz CT molecular complexity index is 855. The van der Waals surface area contributed by atoms with Crippen LogP contribution in [-0.2, 0) is 9.53 Å². The topological polar surface area (TPSA) is 97.4 Å². The third-order valence-corrected chi connectivity index (χ3v) is 4.62. The number of hydrogen-bond donors (Lipinski definition) is 2. The largest absolute Gasteiger partial charge is 0.452 e. The third-order valence-electron chi connectivity index (χ3n) is 3.61. The Hall–Kier alpha value is -2.87. The van der Waals surface area contributed by atoms with Crippen molar-refractivity contribution in [2.45, 2.75) is 30.7 Å². The Labute approximate surface area is 161 Å². The standard InChI is InChI=1S/C19H21N3O4S/c1-4-20-19(25)22-16(23)11-26-18(24)15-6-5-9-21-17(15)27-14-8-7-12(2)13(3)10-14/h5-10H,4,11H2,1-3H3,(H2,20,22,23,25). The van der Waals surface area contributed by atoms with Crippen LogP contribution in [0.2, 0.25) is 0 Å². The second-order valence-electron chi connectivity index (χ2n) is 5.69. The molecule has 8 heteroatoms. The van der Waals surface area contributed by atoms with Gasteiger partial charge < -0.3 is 10.1 Å². The summed E-state index contributed by atoms with van der Waals surface area (Å²) in [4.78, 5) is 40.4. The molecule has 0 aliphatic carbocycles. The molecule has 2 rings (SSSR count). The molecule has 142 valence electrons. The third kappa shape index (κ3) is 6.10. The average molecular weight is 387 g/mol. The van der Waals surface area contributed by atoms with Crippen LogP contribution >= 0.6 is 11.8 Å². The molecule has 2 N–H and O–H groups in total. The Balaban J connectivity index is 2.03. The molecule has 0 aliphatic rings. The molecular weight excluding hydrogens is 366 g/mol. The molecule has 1 heterocycles. The van der Waals surface area contributed by atoms with Crippen LogP contribution in [0.5, 0.6) is 0 Å². The van der Waals surface area contributed by atoms with Crippen LogP contribution in [0.15, 0.2) is 46.5 Å². The minimum absolute atomic E-state index is 0.256. The molecule has 1 aromatic heterocycles. The van der Waals surface area contributed by atoms with Gasteiger partial charge in [0.2, 0.25) is 0 Å². The van der Waals surface area contributed by atoms with Gasteiger partial charge in [-0.3, -0.25) is 10.1 Å². The van der Waals surface area contributed by atoms with E-state index in [1.54, 1.807) is 25.3 Å². The lowest BCUT2D eigenvalue weighted by atomic mass is 10.1. The minimum atomic E-state index is -0.707. The van der Waals surface area contributed by atoms with Crippen LogP contribution in [0, 0.1) is 13.8 Å². The first kappa shape index (κ1) is 20.4. The number of nitrogens with zero attached hydrogens (tertiary/aromatic N) is 1. The summed E-state index contributed by atoms with van der Waals surface area (Å²) in [6.07, 6.45) is 1.59. The second-order valence-corrected chi connectivity index (χ2v) is 6.75. The molecule has 2 aromatic rings. The van der Waals surface area contributed by atoms with Crippen molar-refractivity contribution in [2.24, 2.45) is 0 Å². The number of aryl methyl sites for hydroxylation is 2. The van der Waals surface area contributed by atoms with Crippen molar-refractivity contribution in [3.63, 3.8) is 0 Å². The van der Waals surface area contributed by atoms with Crippen LogP contribution in [0.25, 0.3) is 0 Å². The van der Waals surface area contributed by atoms with Crippen molar-refractivity contribution in [1.82, 2.24) is 15.6 Å². The van der Waals surface area contributed by atoms with E-state index in [-0.39, 0.29) is 5.56 Å². The molecule has 0 radical (unpaired) electrons. The average Bonchev–Trinajstić information content (AvgIpc) is 2.63. The summed E-state index contributed by atoms with van der Waals surface area (Å²) in [7, 11) is 0. The fourth-order valence-corrected chi connectivity index (χ4v) is 3.06. The van der Waals surface area contributed by atoms with Crippen molar-refractivity contribution in [3.8, 4) is 0 Å². The smallest absolute Gasteiger partial charge is 0.341 e. The number of carbonyl (C=O) groups excluding carboxylic acids is 3. The number of urea groups is 1. The monoisotopic (exact) mass is 387 g/mol. The summed E-state index contributed by atoms with van der Waals surface area (Å²) in [5, 5.41) is 4.96. The van der Waals surface area contributed by atoms with Gasteiger partial charge in [0.15, 0.2) is 6.61 Å². The number of amides is 3. The zero-order valence-corrected chi connectivity index (χ0v) is 16.2. The summed E-state index contributed by atoms with van der Waals surface area (Å²) in [6, 6.07) is 8.55. The van der Waals surface area contributed by atoms with Gasteiger partial charge >= 0.3 is 12.0 Å². The zero-order valence-electron chi connectivity index (χ0n) is 15.4. The molecule has 7 nitrogen and oxygen atoms in total. The highest BCUT2D eigenvalue weighted by atomic mass is 32.2. The van der Waals surface area contributed by atoms with E-state index >= 15 is 0 Å². The maximum Gasteiger partial charge on any atom is 0.341 e. The molecule has 0 saturated carbocycles. The predicted molar refractivity (Wildman–Crippen MR) is 102 cm³/mol. The van der Waals surface area contributed by atoms with Gasteiger partial charge in [0.1, 0.15) is 5.03 Å². The van der Waals surface area contributed by atoms with E-state index in [0.29, 0.717) is 11.6 Å². The van der Waals surface area contributed by atoms with Crippen molar-refractivity contribution in [1.29, 1.82) is 0 Å². The second kappa shape index (κ2) is 9.72. The first-order chi connectivity index (χ1) is 12.9. The minimum Gasteiger partial charge on any atom is -0.452 e. The van der Waals surface area contributed by atoms with Crippen molar-refractivity contribution >= 4 is 29.7 Å². The van der Waals surface area contributed by atoms with Gasteiger partial charge in [-0.05, 0) is 56.2 Å². The number of ether oxygens (including phenoxy) is 1. The number of pyridine rings is 1. The van der Waals surface area contributed by atoms with E-state index in [2.05, 4.69) is 15.6 Å². The van der Waals surface area contributed by atoms with Gasteiger partial charge in [-0.25, -0.2) is 14.6 Å². The lowest BCUT2D eigenvalue weighted by Gasteiger charge is -2.09. The molecule has 0 aliphatic heterocycles. The number of benzene rings is 1. The predicted octanol–water partition coefficient (Wildman–Crippen LogP) is 2.85. The molecule has 0 atom stereocenters. The van der Waals surface area contributed by atoms with E-state index in [1.807, 2.05) is 32.0 Å². The quantitative estimate of drug-likeness (QED) is 0.740. The highest BCUT2D eigenvalue weighted by Gasteiger charge is 2.17.